The standard InChI is InChI=1S/C18H24N4O7S/c1-3-4-28-17(26)13-11(30-16-12(8(2)23)15(25)22(13)16)7-21-6-9(29-18(20)27)5-10(21)14(19)24/h3,8-10,12,16,23H,1,4-7H2,2H3,(H2,19,24)(H2,20,27)/t8-,9-,10+,12+,16-/m1/s1. The zero-order chi connectivity index (χ0) is 22.2. The largest absolute Gasteiger partial charge is 0.457 e. The van der Waals surface area contributed by atoms with E-state index >= 15 is 0 Å². The van der Waals surface area contributed by atoms with Gasteiger partial charge >= 0.3 is 12.1 Å². The van der Waals surface area contributed by atoms with Crippen LogP contribution in [0.1, 0.15) is 13.3 Å². The third-order valence-electron chi connectivity index (χ3n) is 5.22. The second-order valence-electron chi connectivity index (χ2n) is 7.28. The maximum Gasteiger partial charge on any atom is 0.404 e. The topological polar surface area (TPSA) is 165 Å². The molecule has 12 heteroatoms. The number of rotatable bonds is 8. The van der Waals surface area contributed by atoms with Gasteiger partial charge in [-0.25, -0.2) is 9.59 Å². The molecule has 30 heavy (non-hydrogen) atoms. The molecule has 11 nitrogen and oxygen atoms in total. The number of β-lactam (4-membered cyclic amide) rings is 1. The Balaban J connectivity index is 1.85. The number of likely N-dealkylation sites (tertiary alicyclic amines) is 1. The van der Waals surface area contributed by atoms with Gasteiger partial charge in [0, 0.05) is 24.4 Å². The van der Waals surface area contributed by atoms with Gasteiger partial charge in [0.2, 0.25) is 11.8 Å². The summed E-state index contributed by atoms with van der Waals surface area (Å²) in [4.78, 5) is 51.6. The monoisotopic (exact) mass is 440 g/mol. The van der Waals surface area contributed by atoms with Gasteiger partial charge in [-0.05, 0) is 6.92 Å². The van der Waals surface area contributed by atoms with Crippen LogP contribution in [0, 0.1) is 5.92 Å². The minimum Gasteiger partial charge on any atom is -0.457 e. The Kier molecular flexibility index (Phi) is 6.38. The van der Waals surface area contributed by atoms with Crippen molar-refractivity contribution >= 4 is 35.6 Å². The number of esters is 1. The number of nitrogens with two attached hydrogens (primary N) is 2. The Morgan fingerprint density at radius 3 is 2.67 bits per heavy atom. The molecule has 2 fully saturated rings. The van der Waals surface area contributed by atoms with Crippen LogP contribution in [-0.2, 0) is 23.9 Å². The highest BCUT2D eigenvalue weighted by atomic mass is 32.2. The first-order chi connectivity index (χ1) is 14.1. The van der Waals surface area contributed by atoms with Crippen LogP contribution in [0.3, 0.4) is 0 Å². The van der Waals surface area contributed by atoms with E-state index in [4.69, 9.17) is 20.9 Å². The molecule has 2 saturated heterocycles. The van der Waals surface area contributed by atoms with Crippen LogP contribution in [0.25, 0.3) is 0 Å². The summed E-state index contributed by atoms with van der Waals surface area (Å²) >= 11 is 1.26. The van der Waals surface area contributed by atoms with Crippen molar-refractivity contribution in [1.82, 2.24) is 9.80 Å². The van der Waals surface area contributed by atoms with Crippen molar-refractivity contribution in [2.75, 3.05) is 19.7 Å². The lowest BCUT2D eigenvalue weighted by Gasteiger charge is -2.43. The Bertz CT molecular complexity index is 814. The lowest BCUT2D eigenvalue weighted by atomic mass is 9.92. The summed E-state index contributed by atoms with van der Waals surface area (Å²) in [5.41, 5.74) is 10.6. The Morgan fingerprint density at radius 1 is 1.40 bits per heavy atom. The Hall–Kier alpha value is -2.57. The van der Waals surface area contributed by atoms with Gasteiger partial charge < -0.3 is 26.0 Å². The molecule has 0 spiro atoms. The summed E-state index contributed by atoms with van der Waals surface area (Å²) in [5, 5.41) is 9.48. The molecule has 3 heterocycles. The maximum absolute atomic E-state index is 12.6. The summed E-state index contributed by atoms with van der Waals surface area (Å²) < 4.78 is 10.1. The van der Waals surface area contributed by atoms with Crippen molar-refractivity contribution in [1.29, 1.82) is 0 Å². The number of fused-ring (bicyclic) bond motifs is 1. The molecule has 0 unspecified atom stereocenters. The molecule has 3 aliphatic rings. The summed E-state index contributed by atoms with van der Waals surface area (Å²) in [5.74, 6) is -2.32. The Morgan fingerprint density at radius 2 is 2.10 bits per heavy atom. The molecule has 0 saturated carbocycles. The number of hydrogen-bond acceptors (Lipinski definition) is 9. The van der Waals surface area contributed by atoms with E-state index in [1.54, 1.807) is 4.90 Å². The van der Waals surface area contributed by atoms with Crippen molar-refractivity contribution in [2.24, 2.45) is 17.4 Å². The number of nitrogens with zero attached hydrogens (tertiary/aromatic N) is 2. The van der Waals surface area contributed by atoms with Crippen molar-refractivity contribution in [3.05, 3.63) is 23.3 Å². The first-order valence-corrected chi connectivity index (χ1v) is 10.2. The zero-order valence-corrected chi connectivity index (χ0v) is 17.2. The lowest BCUT2D eigenvalue weighted by molar-refractivity contribution is -0.158. The van der Waals surface area contributed by atoms with Gasteiger partial charge in [0.25, 0.3) is 0 Å². The number of amides is 3. The van der Waals surface area contributed by atoms with E-state index in [-0.39, 0.29) is 37.7 Å². The molecule has 5 atom stereocenters. The number of hydrogen-bond donors (Lipinski definition) is 3. The van der Waals surface area contributed by atoms with Crippen molar-refractivity contribution in [3.63, 3.8) is 0 Å². The van der Waals surface area contributed by atoms with Gasteiger partial charge in [-0.15, -0.1) is 11.8 Å². The highest BCUT2D eigenvalue weighted by molar-refractivity contribution is 8.04. The average Bonchev–Trinajstić information content (AvgIpc) is 3.18. The smallest absolute Gasteiger partial charge is 0.404 e. The number of ether oxygens (including phenoxy) is 2. The summed E-state index contributed by atoms with van der Waals surface area (Å²) in [7, 11) is 0. The average molecular weight is 440 g/mol. The third kappa shape index (κ3) is 4.02. The molecular formula is C18H24N4O7S. The van der Waals surface area contributed by atoms with Gasteiger partial charge in [-0.2, -0.15) is 0 Å². The number of primary amides is 2. The van der Waals surface area contributed by atoms with E-state index in [1.165, 1.54) is 29.7 Å². The van der Waals surface area contributed by atoms with Crippen LogP contribution in [0.2, 0.25) is 0 Å². The molecule has 0 aliphatic carbocycles. The molecule has 0 aromatic heterocycles. The predicted molar refractivity (Wildman–Crippen MR) is 105 cm³/mol. The fourth-order valence-electron chi connectivity index (χ4n) is 3.92. The number of thioether (sulfide) groups is 1. The highest BCUT2D eigenvalue weighted by Gasteiger charge is 2.58. The summed E-state index contributed by atoms with van der Waals surface area (Å²) in [6, 6.07) is -0.732. The molecule has 3 rings (SSSR count). The van der Waals surface area contributed by atoms with E-state index < -0.39 is 47.5 Å². The summed E-state index contributed by atoms with van der Waals surface area (Å²) in [6.45, 7) is 5.28. The fraction of sp³-hybridized carbons (Fsp3) is 0.556. The number of aliphatic hydroxyl groups excluding tert-OH is 1. The van der Waals surface area contributed by atoms with Crippen LogP contribution in [0.4, 0.5) is 4.79 Å². The summed E-state index contributed by atoms with van der Waals surface area (Å²) in [6.07, 6.45) is -0.873. The van der Waals surface area contributed by atoms with Crippen molar-refractivity contribution in [2.45, 2.75) is 37.0 Å². The fourth-order valence-corrected chi connectivity index (χ4v) is 5.55. The molecule has 0 aromatic rings. The van der Waals surface area contributed by atoms with Crippen LogP contribution >= 0.6 is 11.8 Å². The molecule has 5 N–H and O–H groups in total. The van der Waals surface area contributed by atoms with Gasteiger partial charge in [-0.3, -0.25) is 19.4 Å². The molecule has 3 aliphatic heterocycles. The van der Waals surface area contributed by atoms with E-state index in [1.807, 2.05) is 0 Å². The first-order valence-electron chi connectivity index (χ1n) is 9.34. The zero-order valence-electron chi connectivity index (χ0n) is 16.4. The second-order valence-corrected chi connectivity index (χ2v) is 8.50. The molecule has 0 aromatic carbocycles. The molecule has 3 amide bonds. The number of carbonyl (C=O) groups is 4. The number of carbonyl (C=O) groups excluding carboxylic acids is 4. The van der Waals surface area contributed by atoms with E-state index in [0.29, 0.717) is 4.91 Å². The van der Waals surface area contributed by atoms with Crippen molar-refractivity contribution < 1.29 is 33.8 Å². The highest BCUT2D eigenvalue weighted by Crippen LogP contribution is 2.51. The normalized spacial score (nSPS) is 29.3. The van der Waals surface area contributed by atoms with Gasteiger partial charge in [0.1, 0.15) is 23.8 Å². The third-order valence-corrected chi connectivity index (χ3v) is 6.57. The lowest BCUT2D eigenvalue weighted by Crippen LogP contribution is -2.60. The molecular weight excluding hydrogens is 416 g/mol. The quantitative estimate of drug-likeness (QED) is 0.240. The maximum atomic E-state index is 12.6. The van der Waals surface area contributed by atoms with E-state index in [0.717, 1.165) is 0 Å². The van der Waals surface area contributed by atoms with Crippen LogP contribution in [0.5, 0.6) is 0 Å². The van der Waals surface area contributed by atoms with Gasteiger partial charge in [-0.1, -0.05) is 12.7 Å². The van der Waals surface area contributed by atoms with Crippen molar-refractivity contribution in [3.8, 4) is 0 Å². The van der Waals surface area contributed by atoms with Crippen LogP contribution in [-0.4, -0.2) is 82.1 Å². The minimum absolute atomic E-state index is 0.0328. The SMILES string of the molecule is C=CCOC(=O)C1=C(CN2C[C@H](OC(N)=O)C[C@H]2C(N)=O)S[C@@H]2[C@@H]([C@@H](C)O)C(=O)N12. The predicted octanol–water partition coefficient (Wildman–Crippen LogP) is -1.14. The molecule has 0 radical (unpaired) electrons. The first kappa shape index (κ1) is 22.1. The molecule has 164 valence electrons. The van der Waals surface area contributed by atoms with Crippen LogP contribution < -0.4 is 11.5 Å². The number of aliphatic hydroxyl groups is 1. The Labute approximate surface area is 177 Å². The van der Waals surface area contributed by atoms with Gasteiger partial charge in [0.15, 0.2) is 0 Å². The van der Waals surface area contributed by atoms with E-state index in [2.05, 4.69) is 6.58 Å². The van der Waals surface area contributed by atoms with Crippen LogP contribution in [0.15, 0.2) is 23.3 Å². The van der Waals surface area contributed by atoms with Gasteiger partial charge in [0.05, 0.1) is 18.1 Å². The molecule has 0 bridgehead atoms. The van der Waals surface area contributed by atoms with E-state index in [9.17, 15) is 24.3 Å². The minimum atomic E-state index is -0.956. The second kappa shape index (κ2) is 8.66.